The fraction of sp³-hybridized carbons (Fsp3) is 0.844. The zero-order valence-corrected chi connectivity index (χ0v) is 57.4. The van der Waals surface area contributed by atoms with Crippen LogP contribution in [-0.2, 0) is 23.8 Å². The van der Waals surface area contributed by atoms with E-state index in [1.54, 1.807) is 6.08 Å². The van der Waals surface area contributed by atoms with Gasteiger partial charge < -0.3 is 45.1 Å². The lowest BCUT2D eigenvalue weighted by Gasteiger charge is -2.41. The van der Waals surface area contributed by atoms with Gasteiger partial charge in [0.15, 0.2) is 12.4 Å². The summed E-state index contributed by atoms with van der Waals surface area (Å²) >= 11 is 0. The Morgan fingerprint density at radius 2 is 0.784 bits per heavy atom. The van der Waals surface area contributed by atoms with E-state index in [0.717, 1.165) is 70.6 Å². The van der Waals surface area contributed by atoms with Crippen molar-refractivity contribution in [3.05, 3.63) is 60.8 Å². The summed E-state index contributed by atoms with van der Waals surface area (Å²) in [4.78, 5) is 26.7. The molecule has 0 saturated carbocycles. The van der Waals surface area contributed by atoms with Crippen LogP contribution in [0, 0.1) is 0 Å². The minimum absolute atomic E-state index is 0.122. The van der Waals surface area contributed by atoms with E-state index in [4.69, 9.17) is 14.2 Å². The number of carbonyl (C=O) groups is 2. The van der Waals surface area contributed by atoms with E-state index >= 15 is 0 Å². The molecule has 0 spiro atoms. The number of hydrogen-bond acceptors (Lipinski definition) is 10. The first-order valence-electron chi connectivity index (χ1n) is 37.6. The van der Waals surface area contributed by atoms with Gasteiger partial charge in [-0.2, -0.15) is 0 Å². The summed E-state index contributed by atoms with van der Waals surface area (Å²) in [5.41, 5.74) is 0. The standard InChI is InChI=1S/C77H141NO10/c1-4-7-10-13-16-19-22-25-27-29-31-33-35-36-37-39-41-43-45-47-50-53-56-59-62-65-72(82)88-75-74(84)73(83)71(66-79)87-77(75)86-67-68(69(80)63-60-57-54-51-48-24-21-18-15-12-9-6-3)78-76(85)70(81)64-61-58-55-52-49-46-44-42-40-38-34-32-30-28-26-23-20-17-14-11-8-5-2/h16,19,25-28,31,33,60,63,68-71,73-75,77,79-81,83-84H,4-15,17-18,20-24,29-30,32,34-59,61-62,64-67H2,1-3H3,(H,78,85)/b19-16-,27-25-,28-26+,33-31-,63-60+. The van der Waals surface area contributed by atoms with E-state index < -0.39 is 67.4 Å². The van der Waals surface area contributed by atoms with Gasteiger partial charge in [-0.1, -0.05) is 319 Å². The van der Waals surface area contributed by atoms with Crippen molar-refractivity contribution < 1.29 is 49.3 Å². The number of nitrogens with one attached hydrogen (secondary N) is 1. The second kappa shape index (κ2) is 64.5. The largest absolute Gasteiger partial charge is 0.454 e. The van der Waals surface area contributed by atoms with Crippen LogP contribution >= 0.6 is 0 Å². The van der Waals surface area contributed by atoms with E-state index in [9.17, 15) is 35.1 Å². The van der Waals surface area contributed by atoms with Gasteiger partial charge in [-0.15, -0.1) is 0 Å². The fourth-order valence-corrected chi connectivity index (χ4v) is 11.7. The quantitative estimate of drug-likeness (QED) is 0.0195. The topological polar surface area (TPSA) is 175 Å². The first-order valence-corrected chi connectivity index (χ1v) is 37.6. The maximum atomic E-state index is 13.5. The average Bonchev–Trinajstić information content (AvgIpc) is 2.54. The first kappa shape index (κ1) is 83.4. The molecule has 514 valence electrons. The van der Waals surface area contributed by atoms with Gasteiger partial charge in [0.1, 0.15) is 24.4 Å². The van der Waals surface area contributed by atoms with Crippen molar-refractivity contribution in [2.45, 2.75) is 404 Å². The maximum absolute atomic E-state index is 13.5. The van der Waals surface area contributed by atoms with Crippen molar-refractivity contribution in [2.75, 3.05) is 13.2 Å². The van der Waals surface area contributed by atoms with Crippen molar-refractivity contribution in [3.63, 3.8) is 0 Å². The fourth-order valence-electron chi connectivity index (χ4n) is 11.7. The van der Waals surface area contributed by atoms with Gasteiger partial charge in [-0.3, -0.25) is 9.59 Å². The number of allylic oxidation sites excluding steroid dienone is 9. The monoisotopic (exact) mass is 1240 g/mol. The Balaban J connectivity index is 2.53. The summed E-state index contributed by atoms with van der Waals surface area (Å²) in [6, 6.07) is -1.03. The van der Waals surface area contributed by atoms with Gasteiger partial charge >= 0.3 is 5.97 Å². The first-order chi connectivity index (χ1) is 43.2. The summed E-state index contributed by atoms with van der Waals surface area (Å²) in [7, 11) is 0. The molecule has 1 saturated heterocycles. The molecule has 11 nitrogen and oxygen atoms in total. The number of hydrogen-bond donors (Lipinski definition) is 6. The highest BCUT2D eigenvalue weighted by molar-refractivity contribution is 5.80. The lowest BCUT2D eigenvalue weighted by atomic mass is 9.99. The van der Waals surface area contributed by atoms with E-state index in [2.05, 4.69) is 74.7 Å². The van der Waals surface area contributed by atoms with Crippen LogP contribution in [0.15, 0.2) is 60.8 Å². The van der Waals surface area contributed by atoms with Gasteiger partial charge in [-0.05, 0) is 89.9 Å². The molecule has 1 fully saturated rings. The number of rotatable bonds is 65. The molecule has 1 amide bonds. The zero-order chi connectivity index (χ0) is 63.9. The van der Waals surface area contributed by atoms with Crippen molar-refractivity contribution in [1.82, 2.24) is 5.32 Å². The molecule has 0 aliphatic carbocycles. The van der Waals surface area contributed by atoms with Crippen LogP contribution in [0.25, 0.3) is 0 Å². The van der Waals surface area contributed by atoms with E-state index in [0.29, 0.717) is 19.3 Å². The molecule has 0 aromatic rings. The minimum Gasteiger partial charge on any atom is -0.454 e. The number of esters is 1. The molecule has 1 rings (SSSR count). The van der Waals surface area contributed by atoms with Gasteiger partial charge in [0.2, 0.25) is 5.91 Å². The molecular formula is C77H141NO10. The van der Waals surface area contributed by atoms with E-state index in [1.165, 1.54) is 238 Å². The highest BCUT2D eigenvalue weighted by Crippen LogP contribution is 2.26. The van der Waals surface area contributed by atoms with Crippen LogP contribution in [0.3, 0.4) is 0 Å². The summed E-state index contributed by atoms with van der Waals surface area (Å²) in [5.74, 6) is -1.18. The maximum Gasteiger partial charge on any atom is 0.306 e. The predicted molar refractivity (Wildman–Crippen MR) is 370 cm³/mol. The molecule has 0 bridgehead atoms. The minimum atomic E-state index is -1.62. The molecule has 1 aliphatic rings. The Hall–Kier alpha value is -2.64. The van der Waals surface area contributed by atoms with Crippen molar-refractivity contribution >= 4 is 11.9 Å². The van der Waals surface area contributed by atoms with Crippen LogP contribution in [0.2, 0.25) is 0 Å². The van der Waals surface area contributed by atoms with E-state index in [1.807, 2.05) is 6.08 Å². The number of amides is 1. The van der Waals surface area contributed by atoms with Crippen LogP contribution < -0.4 is 5.32 Å². The summed E-state index contributed by atoms with van der Waals surface area (Å²) in [6.07, 6.45) is 72.6. The van der Waals surface area contributed by atoms with Crippen LogP contribution in [0.5, 0.6) is 0 Å². The van der Waals surface area contributed by atoms with Crippen LogP contribution in [0.4, 0.5) is 0 Å². The van der Waals surface area contributed by atoms with E-state index in [-0.39, 0.29) is 13.0 Å². The van der Waals surface area contributed by atoms with Gasteiger partial charge in [0, 0.05) is 6.42 Å². The summed E-state index contributed by atoms with van der Waals surface area (Å²) in [5, 5.41) is 57.3. The molecule has 0 aromatic heterocycles. The molecule has 1 aliphatic heterocycles. The molecule has 8 atom stereocenters. The second-order valence-corrected chi connectivity index (χ2v) is 26.0. The number of unbranched alkanes of at least 4 members (excludes halogenated alkanes) is 43. The van der Waals surface area contributed by atoms with Crippen LogP contribution in [-0.4, -0.2) is 99.6 Å². The number of ether oxygens (including phenoxy) is 3. The van der Waals surface area contributed by atoms with Gasteiger partial charge in [0.05, 0.1) is 25.4 Å². The Kier molecular flexibility index (Phi) is 61.1. The third kappa shape index (κ3) is 50.9. The number of carbonyl (C=O) groups excluding carboxylic acids is 2. The molecule has 0 aromatic carbocycles. The van der Waals surface area contributed by atoms with Gasteiger partial charge in [0.25, 0.3) is 0 Å². The number of aliphatic hydroxyl groups excluding tert-OH is 5. The van der Waals surface area contributed by atoms with Crippen molar-refractivity contribution in [2.24, 2.45) is 0 Å². The Morgan fingerprint density at radius 3 is 1.20 bits per heavy atom. The third-order valence-electron chi connectivity index (χ3n) is 17.6. The third-order valence-corrected chi connectivity index (χ3v) is 17.6. The molecule has 6 N–H and O–H groups in total. The smallest absolute Gasteiger partial charge is 0.306 e. The van der Waals surface area contributed by atoms with Gasteiger partial charge in [-0.25, -0.2) is 0 Å². The number of aliphatic hydroxyl groups is 5. The van der Waals surface area contributed by atoms with Crippen LogP contribution in [0.1, 0.15) is 355 Å². The van der Waals surface area contributed by atoms with Crippen molar-refractivity contribution in [3.8, 4) is 0 Å². The predicted octanol–water partition coefficient (Wildman–Crippen LogP) is 19.7. The molecule has 0 radical (unpaired) electrons. The Labute approximate surface area is 541 Å². The lowest BCUT2D eigenvalue weighted by molar-refractivity contribution is -0.305. The molecule has 88 heavy (non-hydrogen) atoms. The normalized spacial score (nSPS) is 18.5. The zero-order valence-electron chi connectivity index (χ0n) is 57.4. The SMILES string of the molecule is CCCCC/C=C\C/C=C\C/C=C\CCCCCCCCCCCCCCC(=O)OC1C(OCC(NC(=O)C(O)CCCCCCCCCCCCCC/C=C/CCCCCCCC)C(O)/C=C/CCCCCCCCCCCC)OC(CO)C(O)C1O. The Bertz CT molecular complexity index is 1670. The Morgan fingerprint density at radius 1 is 0.443 bits per heavy atom. The average molecular weight is 1240 g/mol. The molecular weight excluding hydrogens is 1100 g/mol. The van der Waals surface area contributed by atoms with Crippen molar-refractivity contribution in [1.29, 1.82) is 0 Å². The summed E-state index contributed by atoms with van der Waals surface area (Å²) < 4.78 is 17.7. The highest BCUT2D eigenvalue weighted by Gasteiger charge is 2.47. The summed E-state index contributed by atoms with van der Waals surface area (Å²) in [6.45, 7) is 5.81. The second-order valence-electron chi connectivity index (χ2n) is 26.0. The molecule has 1 heterocycles. The lowest BCUT2D eigenvalue weighted by Crippen LogP contribution is -2.61. The molecule has 8 unspecified atom stereocenters. The highest BCUT2D eigenvalue weighted by atomic mass is 16.7. The molecule has 11 heteroatoms.